The Morgan fingerprint density at radius 3 is 2.00 bits per heavy atom. The van der Waals surface area contributed by atoms with Gasteiger partial charge in [0.2, 0.25) is 0 Å². The first-order chi connectivity index (χ1) is 5.89. The molecular weight excluding hydrogens is 162 g/mol. The number of hydrogen-bond donors (Lipinski definition) is 0. The highest BCUT2D eigenvalue weighted by Gasteiger charge is 2.28. The predicted molar refractivity (Wildman–Crippen MR) is 56.5 cm³/mol. The summed E-state index contributed by atoms with van der Waals surface area (Å²) in [5.74, 6) is 0. The van der Waals surface area contributed by atoms with Crippen LogP contribution in [-0.4, -0.2) is 5.54 Å². The van der Waals surface area contributed by atoms with Gasteiger partial charge in [-0.1, -0.05) is 46.2 Å². The Morgan fingerprint density at radius 1 is 1.15 bits per heavy atom. The second kappa shape index (κ2) is 4.52. The normalized spacial score (nSPS) is 16.1. The summed E-state index contributed by atoms with van der Waals surface area (Å²) >= 11 is 0. The zero-order valence-corrected chi connectivity index (χ0v) is 9.46. The van der Waals surface area contributed by atoms with Crippen LogP contribution in [0.4, 0.5) is 0 Å². The topological polar surface area (TPSA) is 48.8 Å². The average Bonchev–Trinajstić information content (AvgIpc) is 2.04. The minimum absolute atomic E-state index is 0.214. The van der Waals surface area contributed by atoms with Crippen molar-refractivity contribution < 1.29 is 0 Å². The first-order valence-electron chi connectivity index (χ1n) is 4.95. The summed E-state index contributed by atoms with van der Waals surface area (Å²) in [5.41, 5.74) is 8.51. The molecule has 0 spiro atoms. The van der Waals surface area contributed by atoms with Crippen LogP contribution in [0.2, 0.25) is 0 Å². The Hall–Kier alpha value is -0.690. The number of rotatable bonds is 5. The molecule has 0 rings (SSSR count). The molecule has 0 N–H and O–H groups in total. The Morgan fingerprint density at radius 2 is 1.69 bits per heavy atom. The Balaban J connectivity index is 4.52. The van der Waals surface area contributed by atoms with Gasteiger partial charge in [0.1, 0.15) is 0 Å². The maximum Gasteiger partial charge on any atom is 0.0462 e. The lowest BCUT2D eigenvalue weighted by Gasteiger charge is -2.32. The van der Waals surface area contributed by atoms with E-state index in [1.807, 2.05) is 6.92 Å². The number of azide groups is 1. The molecule has 0 aromatic rings. The molecule has 3 nitrogen and oxygen atoms in total. The van der Waals surface area contributed by atoms with Crippen LogP contribution in [0.3, 0.4) is 0 Å². The molecule has 0 aliphatic carbocycles. The van der Waals surface area contributed by atoms with Crippen LogP contribution in [0.1, 0.15) is 53.9 Å². The Bertz CT molecular complexity index is 204. The molecule has 1 unspecified atom stereocenters. The van der Waals surface area contributed by atoms with E-state index in [2.05, 4.69) is 37.7 Å². The molecule has 0 aliphatic heterocycles. The van der Waals surface area contributed by atoms with Crippen molar-refractivity contribution in [2.24, 2.45) is 10.5 Å². The fraction of sp³-hybridized carbons (Fsp3) is 1.00. The first-order valence-corrected chi connectivity index (χ1v) is 4.95. The van der Waals surface area contributed by atoms with Gasteiger partial charge in [-0.05, 0) is 23.8 Å². The summed E-state index contributed by atoms with van der Waals surface area (Å²) in [7, 11) is 0. The first kappa shape index (κ1) is 12.3. The van der Waals surface area contributed by atoms with Crippen molar-refractivity contribution in [1.29, 1.82) is 0 Å². The SMILES string of the molecule is CCC(C)(C)CC(C)(CC)N=[N+]=[N-]. The molecule has 0 heterocycles. The smallest absolute Gasteiger partial charge is 0.0462 e. The summed E-state index contributed by atoms with van der Waals surface area (Å²) in [6, 6.07) is 0. The van der Waals surface area contributed by atoms with Gasteiger partial charge in [-0.2, -0.15) is 0 Å². The van der Waals surface area contributed by atoms with E-state index < -0.39 is 0 Å². The number of nitrogens with zero attached hydrogens (tertiary/aromatic N) is 3. The molecule has 0 aromatic heterocycles. The Labute approximate surface area is 81.2 Å². The van der Waals surface area contributed by atoms with Crippen LogP contribution in [0.15, 0.2) is 5.11 Å². The highest BCUT2D eigenvalue weighted by molar-refractivity contribution is 4.87. The molecular formula is C10H21N3. The van der Waals surface area contributed by atoms with Crippen LogP contribution in [0.25, 0.3) is 10.4 Å². The highest BCUT2D eigenvalue weighted by atomic mass is 15.2. The maximum absolute atomic E-state index is 8.46. The minimum Gasteiger partial charge on any atom is -0.0875 e. The van der Waals surface area contributed by atoms with Gasteiger partial charge in [0.25, 0.3) is 0 Å². The van der Waals surface area contributed by atoms with E-state index in [9.17, 15) is 0 Å². The van der Waals surface area contributed by atoms with Crippen LogP contribution in [-0.2, 0) is 0 Å². The molecule has 3 heteroatoms. The van der Waals surface area contributed by atoms with Crippen molar-refractivity contribution in [3.05, 3.63) is 10.4 Å². The van der Waals surface area contributed by atoms with E-state index in [0.29, 0.717) is 0 Å². The zero-order valence-electron chi connectivity index (χ0n) is 9.46. The van der Waals surface area contributed by atoms with Gasteiger partial charge in [-0.15, -0.1) is 0 Å². The van der Waals surface area contributed by atoms with Crippen molar-refractivity contribution in [3.8, 4) is 0 Å². The summed E-state index contributed by atoms with van der Waals surface area (Å²) in [6.45, 7) is 10.7. The van der Waals surface area contributed by atoms with Crippen LogP contribution < -0.4 is 0 Å². The van der Waals surface area contributed by atoms with Crippen molar-refractivity contribution in [2.75, 3.05) is 0 Å². The molecule has 0 saturated carbocycles. The molecule has 0 amide bonds. The van der Waals surface area contributed by atoms with Crippen molar-refractivity contribution in [2.45, 2.75) is 59.4 Å². The third-order valence-electron chi connectivity index (χ3n) is 2.86. The fourth-order valence-corrected chi connectivity index (χ4v) is 1.49. The lowest BCUT2D eigenvalue weighted by Crippen LogP contribution is -2.28. The van der Waals surface area contributed by atoms with E-state index in [0.717, 1.165) is 19.3 Å². The third kappa shape index (κ3) is 4.18. The van der Waals surface area contributed by atoms with E-state index in [1.54, 1.807) is 0 Å². The molecule has 76 valence electrons. The molecule has 1 atom stereocenters. The van der Waals surface area contributed by atoms with Crippen molar-refractivity contribution >= 4 is 0 Å². The lowest BCUT2D eigenvalue weighted by molar-refractivity contribution is 0.233. The Kier molecular flexibility index (Phi) is 4.28. The van der Waals surface area contributed by atoms with E-state index in [1.165, 1.54) is 0 Å². The van der Waals surface area contributed by atoms with Crippen molar-refractivity contribution in [3.63, 3.8) is 0 Å². The van der Waals surface area contributed by atoms with Crippen LogP contribution in [0, 0.1) is 5.41 Å². The van der Waals surface area contributed by atoms with Crippen LogP contribution >= 0.6 is 0 Å². The molecule has 0 aliphatic rings. The van der Waals surface area contributed by atoms with E-state index in [4.69, 9.17) is 5.53 Å². The zero-order chi connectivity index (χ0) is 10.5. The van der Waals surface area contributed by atoms with Gasteiger partial charge in [0, 0.05) is 10.5 Å². The molecule has 0 aromatic carbocycles. The molecule has 13 heavy (non-hydrogen) atoms. The van der Waals surface area contributed by atoms with Gasteiger partial charge in [0.05, 0.1) is 0 Å². The summed E-state index contributed by atoms with van der Waals surface area (Å²) < 4.78 is 0. The monoisotopic (exact) mass is 183 g/mol. The largest absolute Gasteiger partial charge is 0.0875 e. The molecule has 0 radical (unpaired) electrons. The molecule has 0 fully saturated rings. The van der Waals surface area contributed by atoms with Crippen molar-refractivity contribution in [1.82, 2.24) is 0 Å². The van der Waals surface area contributed by atoms with Gasteiger partial charge < -0.3 is 0 Å². The summed E-state index contributed by atoms with van der Waals surface area (Å²) in [6.07, 6.45) is 2.97. The van der Waals surface area contributed by atoms with Gasteiger partial charge in [0.15, 0.2) is 0 Å². The minimum atomic E-state index is -0.214. The standard InChI is InChI=1S/C10H21N3/c1-6-9(3,4)8-10(5,7-2)12-13-11/h6-8H2,1-5H3. The second-order valence-corrected chi connectivity index (χ2v) is 4.73. The lowest BCUT2D eigenvalue weighted by atomic mass is 9.77. The van der Waals surface area contributed by atoms with Gasteiger partial charge >= 0.3 is 0 Å². The number of hydrogen-bond acceptors (Lipinski definition) is 1. The van der Waals surface area contributed by atoms with E-state index >= 15 is 0 Å². The predicted octanol–water partition coefficient (Wildman–Crippen LogP) is 4.29. The highest BCUT2D eigenvalue weighted by Crippen LogP contribution is 2.35. The van der Waals surface area contributed by atoms with Gasteiger partial charge in [-0.25, -0.2) is 0 Å². The maximum atomic E-state index is 8.46. The fourth-order valence-electron chi connectivity index (χ4n) is 1.49. The quantitative estimate of drug-likeness (QED) is 0.347. The molecule has 0 saturated heterocycles. The average molecular weight is 183 g/mol. The third-order valence-corrected chi connectivity index (χ3v) is 2.86. The second-order valence-electron chi connectivity index (χ2n) is 4.73. The van der Waals surface area contributed by atoms with Gasteiger partial charge in [-0.3, -0.25) is 0 Å². The summed E-state index contributed by atoms with van der Waals surface area (Å²) in [5, 5.41) is 3.89. The van der Waals surface area contributed by atoms with E-state index in [-0.39, 0.29) is 11.0 Å². The summed E-state index contributed by atoms with van der Waals surface area (Å²) in [4.78, 5) is 2.92. The molecule has 0 bridgehead atoms. The van der Waals surface area contributed by atoms with Crippen LogP contribution in [0.5, 0.6) is 0 Å².